The van der Waals surface area contributed by atoms with Crippen LogP contribution in [-0.2, 0) is 5.88 Å². The molecule has 0 aliphatic carbocycles. The molecule has 0 unspecified atom stereocenters. The molecule has 0 atom stereocenters. The lowest BCUT2D eigenvalue weighted by molar-refractivity contribution is 0.820. The zero-order valence-electron chi connectivity index (χ0n) is 11.3. The van der Waals surface area contributed by atoms with Crippen LogP contribution in [0, 0.1) is 0 Å². The van der Waals surface area contributed by atoms with Gasteiger partial charge in [-0.2, -0.15) is 0 Å². The molecule has 1 aliphatic heterocycles. The Labute approximate surface area is 129 Å². The van der Waals surface area contributed by atoms with Gasteiger partial charge in [0.1, 0.15) is 0 Å². The fourth-order valence-electron chi connectivity index (χ4n) is 2.69. The third kappa shape index (κ3) is 2.23. The lowest BCUT2D eigenvalue weighted by atomic mass is 10.1. The molecule has 0 saturated carbocycles. The molecule has 0 N–H and O–H groups in total. The third-order valence-corrected chi connectivity index (χ3v) is 4.38. The Kier molecular flexibility index (Phi) is 3.77. The van der Waals surface area contributed by atoms with Crippen molar-refractivity contribution in [3.8, 4) is 0 Å². The van der Waals surface area contributed by atoms with Crippen molar-refractivity contribution in [2.45, 2.75) is 5.88 Å². The number of alkyl halides is 1. The Bertz CT molecular complexity index is 628. The summed E-state index contributed by atoms with van der Waals surface area (Å²) in [6, 6.07) is 14.4. The maximum Gasteiger partial charge on any atom is 0.0649 e. The largest absolute Gasteiger partial charge is 0.371 e. The number of rotatable bonds is 2. The number of anilines is 3. The monoisotopic (exact) mass is 306 g/mol. The SMILES string of the molecule is CN1CCN(c2cccc(Cl)c2CCl)c2ccccc21. The Morgan fingerprint density at radius 1 is 0.950 bits per heavy atom. The molecular weight excluding hydrogens is 291 g/mol. The van der Waals surface area contributed by atoms with Crippen LogP contribution in [0.4, 0.5) is 17.1 Å². The van der Waals surface area contributed by atoms with E-state index in [1.54, 1.807) is 0 Å². The van der Waals surface area contributed by atoms with E-state index in [0.717, 1.165) is 29.4 Å². The summed E-state index contributed by atoms with van der Waals surface area (Å²) >= 11 is 12.4. The summed E-state index contributed by atoms with van der Waals surface area (Å²) in [4.78, 5) is 4.58. The predicted octanol–water partition coefficient (Wildman–Crippen LogP) is 4.67. The summed E-state index contributed by atoms with van der Waals surface area (Å²) in [5.41, 5.74) is 4.54. The second kappa shape index (κ2) is 5.55. The second-order valence-electron chi connectivity index (χ2n) is 4.93. The molecule has 0 aromatic heterocycles. The molecule has 104 valence electrons. The van der Waals surface area contributed by atoms with Crippen molar-refractivity contribution in [1.29, 1.82) is 0 Å². The second-order valence-corrected chi connectivity index (χ2v) is 5.61. The minimum atomic E-state index is 0.420. The standard InChI is InChI=1S/C16H16Cl2N2/c1-19-9-10-20(16-7-3-2-6-15(16)19)14-8-4-5-13(18)12(14)11-17/h2-8H,9-11H2,1H3. The van der Waals surface area contributed by atoms with E-state index >= 15 is 0 Å². The Hall–Kier alpha value is -1.38. The lowest BCUT2D eigenvalue weighted by Crippen LogP contribution is -2.36. The molecule has 2 nitrogen and oxygen atoms in total. The van der Waals surface area contributed by atoms with Gasteiger partial charge in [0.2, 0.25) is 0 Å². The first kappa shape index (κ1) is 13.6. The third-order valence-electron chi connectivity index (χ3n) is 3.76. The van der Waals surface area contributed by atoms with Crippen LogP contribution in [0.3, 0.4) is 0 Å². The summed E-state index contributed by atoms with van der Waals surface area (Å²) in [7, 11) is 2.12. The van der Waals surface area contributed by atoms with Gasteiger partial charge in [-0.1, -0.05) is 29.8 Å². The van der Waals surface area contributed by atoms with Crippen molar-refractivity contribution >= 4 is 40.3 Å². The normalized spacial score (nSPS) is 14.3. The van der Waals surface area contributed by atoms with Gasteiger partial charge >= 0.3 is 0 Å². The first-order valence-corrected chi connectivity index (χ1v) is 7.54. The van der Waals surface area contributed by atoms with Crippen LogP contribution in [0.15, 0.2) is 42.5 Å². The van der Waals surface area contributed by atoms with Crippen LogP contribution >= 0.6 is 23.2 Å². The first-order chi connectivity index (χ1) is 9.72. The van der Waals surface area contributed by atoms with E-state index in [0.29, 0.717) is 5.88 Å². The van der Waals surface area contributed by atoms with Gasteiger partial charge < -0.3 is 9.80 Å². The highest BCUT2D eigenvalue weighted by molar-refractivity contribution is 6.32. The van der Waals surface area contributed by atoms with Crippen LogP contribution in [0.1, 0.15) is 5.56 Å². The summed E-state index contributed by atoms with van der Waals surface area (Å²) in [5, 5.41) is 0.730. The van der Waals surface area contributed by atoms with E-state index in [-0.39, 0.29) is 0 Å². The number of halogens is 2. The first-order valence-electron chi connectivity index (χ1n) is 6.63. The molecule has 1 aliphatic rings. The topological polar surface area (TPSA) is 6.48 Å². The molecule has 2 aromatic carbocycles. The number of likely N-dealkylation sites (N-methyl/N-ethyl adjacent to an activating group) is 1. The van der Waals surface area contributed by atoms with Gasteiger partial charge in [0.05, 0.1) is 17.3 Å². The minimum absolute atomic E-state index is 0.420. The van der Waals surface area contributed by atoms with Gasteiger partial charge in [-0.3, -0.25) is 0 Å². The Balaban J connectivity index is 2.13. The van der Waals surface area contributed by atoms with Gasteiger partial charge in [0.25, 0.3) is 0 Å². The van der Waals surface area contributed by atoms with Crippen molar-refractivity contribution in [3.63, 3.8) is 0 Å². The summed E-state index contributed by atoms with van der Waals surface area (Å²) < 4.78 is 0. The van der Waals surface area contributed by atoms with Gasteiger partial charge in [-0.05, 0) is 24.3 Å². The van der Waals surface area contributed by atoms with Crippen LogP contribution in [0.2, 0.25) is 5.02 Å². The fraction of sp³-hybridized carbons (Fsp3) is 0.250. The van der Waals surface area contributed by atoms with Crippen LogP contribution in [0.5, 0.6) is 0 Å². The molecule has 0 spiro atoms. The number of benzene rings is 2. The quantitative estimate of drug-likeness (QED) is 0.744. The van der Waals surface area contributed by atoms with Crippen LogP contribution < -0.4 is 9.80 Å². The van der Waals surface area contributed by atoms with Crippen molar-refractivity contribution in [3.05, 3.63) is 53.1 Å². The number of nitrogens with zero attached hydrogens (tertiary/aromatic N) is 2. The zero-order chi connectivity index (χ0) is 14.1. The van der Waals surface area contributed by atoms with Gasteiger partial charge in [-0.15, -0.1) is 11.6 Å². The summed E-state index contributed by atoms with van der Waals surface area (Å²) in [6.45, 7) is 1.91. The van der Waals surface area contributed by atoms with E-state index in [4.69, 9.17) is 23.2 Å². The highest BCUT2D eigenvalue weighted by Crippen LogP contribution is 2.40. The van der Waals surface area contributed by atoms with Crippen molar-refractivity contribution in [1.82, 2.24) is 0 Å². The molecular formula is C16H16Cl2N2. The molecule has 0 radical (unpaired) electrons. The molecule has 1 heterocycles. The Morgan fingerprint density at radius 3 is 2.40 bits per heavy atom. The molecule has 3 rings (SSSR count). The van der Waals surface area contributed by atoms with E-state index in [1.165, 1.54) is 11.4 Å². The predicted molar refractivity (Wildman–Crippen MR) is 87.7 cm³/mol. The average Bonchev–Trinajstić information content (AvgIpc) is 2.48. The number of para-hydroxylation sites is 2. The van der Waals surface area contributed by atoms with Gasteiger partial charge in [-0.25, -0.2) is 0 Å². The molecule has 20 heavy (non-hydrogen) atoms. The number of hydrogen-bond acceptors (Lipinski definition) is 2. The zero-order valence-corrected chi connectivity index (χ0v) is 12.8. The summed E-state index contributed by atoms with van der Waals surface area (Å²) in [5.74, 6) is 0.420. The molecule has 0 saturated heterocycles. The van der Waals surface area contributed by atoms with Crippen molar-refractivity contribution < 1.29 is 0 Å². The maximum absolute atomic E-state index is 6.28. The molecule has 2 aromatic rings. The van der Waals surface area contributed by atoms with Crippen LogP contribution in [0.25, 0.3) is 0 Å². The molecule has 0 amide bonds. The fourth-order valence-corrected chi connectivity index (χ4v) is 3.27. The Morgan fingerprint density at radius 2 is 1.65 bits per heavy atom. The van der Waals surface area contributed by atoms with Gasteiger partial charge in [0.15, 0.2) is 0 Å². The lowest BCUT2D eigenvalue weighted by Gasteiger charge is -2.37. The van der Waals surface area contributed by atoms with Crippen LogP contribution in [-0.4, -0.2) is 20.1 Å². The van der Waals surface area contributed by atoms with E-state index in [9.17, 15) is 0 Å². The smallest absolute Gasteiger partial charge is 0.0649 e. The van der Waals surface area contributed by atoms with Gasteiger partial charge in [0, 0.05) is 36.4 Å². The molecule has 0 bridgehead atoms. The summed E-state index contributed by atoms with van der Waals surface area (Å²) in [6.07, 6.45) is 0. The minimum Gasteiger partial charge on any atom is -0.371 e. The number of fused-ring (bicyclic) bond motifs is 1. The van der Waals surface area contributed by atoms with Crippen molar-refractivity contribution in [2.75, 3.05) is 29.9 Å². The molecule has 0 fully saturated rings. The average molecular weight is 307 g/mol. The van der Waals surface area contributed by atoms with E-state index in [2.05, 4.69) is 47.2 Å². The highest BCUT2D eigenvalue weighted by atomic mass is 35.5. The molecule has 4 heteroatoms. The van der Waals surface area contributed by atoms with E-state index < -0.39 is 0 Å². The maximum atomic E-state index is 6.28. The van der Waals surface area contributed by atoms with E-state index in [1.807, 2.05) is 12.1 Å². The number of hydrogen-bond donors (Lipinski definition) is 0. The highest BCUT2D eigenvalue weighted by Gasteiger charge is 2.23. The van der Waals surface area contributed by atoms with Crippen molar-refractivity contribution in [2.24, 2.45) is 0 Å².